The molecule has 0 saturated heterocycles. The van der Waals surface area contributed by atoms with Gasteiger partial charge < -0.3 is 9.88 Å². The summed E-state index contributed by atoms with van der Waals surface area (Å²) in [5.41, 5.74) is 2.82. The first kappa shape index (κ1) is 13.9. The molecule has 4 heteroatoms. The van der Waals surface area contributed by atoms with E-state index >= 15 is 0 Å². The number of pyridine rings is 1. The van der Waals surface area contributed by atoms with Gasteiger partial charge in [-0.3, -0.25) is 9.78 Å². The summed E-state index contributed by atoms with van der Waals surface area (Å²) in [4.78, 5) is 17.0. The maximum Gasteiger partial charge on any atom is 0.268 e. The molecular weight excluding hydrogens is 262 g/mol. The lowest BCUT2D eigenvalue weighted by Gasteiger charge is -2.19. The van der Waals surface area contributed by atoms with Crippen molar-refractivity contribution in [2.75, 3.05) is 0 Å². The predicted octanol–water partition coefficient (Wildman–Crippen LogP) is 3.41. The van der Waals surface area contributed by atoms with E-state index < -0.39 is 0 Å². The minimum Gasteiger partial charge on any atom is -0.342 e. The zero-order chi connectivity index (χ0) is 14.8. The molecule has 1 aliphatic rings. The highest BCUT2D eigenvalue weighted by Gasteiger charge is 2.27. The summed E-state index contributed by atoms with van der Waals surface area (Å²) in [6.45, 7) is 4.10. The topological polar surface area (TPSA) is 46.9 Å². The monoisotopic (exact) mass is 283 g/mol. The summed E-state index contributed by atoms with van der Waals surface area (Å²) in [6.07, 6.45) is 6.95. The lowest BCUT2D eigenvalue weighted by Crippen LogP contribution is -2.30. The third-order valence-corrected chi connectivity index (χ3v) is 4.05. The van der Waals surface area contributed by atoms with Gasteiger partial charge in [-0.05, 0) is 49.9 Å². The summed E-state index contributed by atoms with van der Waals surface area (Å²) < 4.78 is 2.09. The van der Waals surface area contributed by atoms with Crippen LogP contribution in [-0.4, -0.2) is 15.5 Å². The third kappa shape index (κ3) is 2.84. The van der Waals surface area contributed by atoms with Gasteiger partial charge >= 0.3 is 0 Å². The van der Waals surface area contributed by atoms with Crippen molar-refractivity contribution < 1.29 is 4.79 Å². The first-order valence-electron chi connectivity index (χ1n) is 7.60. The molecule has 0 spiro atoms. The van der Waals surface area contributed by atoms with E-state index in [0.29, 0.717) is 6.04 Å². The summed E-state index contributed by atoms with van der Waals surface area (Å²) >= 11 is 0. The van der Waals surface area contributed by atoms with Gasteiger partial charge in [0.05, 0.1) is 11.7 Å². The Hall–Kier alpha value is -2.10. The van der Waals surface area contributed by atoms with Crippen molar-refractivity contribution in [2.24, 2.45) is 0 Å². The van der Waals surface area contributed by atoms with Gasteiger partial charge in [0.25, 0.3) is 5.91 Å². The molecule has 1 saturated carbocycles. The second kappa shape index (κ2) is 5.72. The van der Waals surface area contributed by atoms with Gasteiger partial charge in [0.15, 0.2) is 0 Å². The minimum atomic E-state index is -0.0405. The molecule has 1 atom stereocenters. The molecule has 0 aliphatic heterocycles. The lowest BCUT2D eigenvalue weighted by atomic mass is 10.1. The zero-order valence-electron chi connectivity index (χ0n) is 12.5. The van der Waals surface area contributed by atoms with Crippen LogP contribution in [-0.2, 0) is 0 Å². The van der Waals surface area contributed by atoms with E-state index in [1.54, 1.807) is 6.20 Å². The van der Waals surface area contributed by atoms with Crippen molar-refractivity contribution >= 4 is 5.91 Å². The van der Waals surface area contributed by atoms with Crippen LogP contribution in [0.5, 0.6) is 0 Å². The van der Waals surface area contributed by atoms with Crippen LogP contribution in [0.4, 0.5) is 0 Å². The van der Waals surface area contributed by atoms with Crippen molar-refractivity contribution in [3.05, 3.63) is 53.6 Å². The van der Waals surface area contributed by atoms with E-state index in [2.05, 4.69) is 21.8 Å². The highest BCUT2D eigenvalue weighted by atomic mass is 16.2. The number of hydrogen-bond donors (Lipinski definition) is 1. The maximum absolute atomic E-state index is 12.6. The Morgan fingerprint density at radius 2 is 2.24 bits per heavy atom. The van der Waals surface area contributed by atoms with Crippen LogP contribution in [0.15, 0.2) is 36.7 Å². The average molecular weight is 283 g/mol. The molecule has 2 aromatic heterocycles. The number of hydrogen-bond acceptors (Lipinski definition) is 2. The van der Waals surface area contributed by atoms with Crippen LogP contribution >= 0.6 is 0 Å². The fourth-order valence-corrected chi connectivity index (χ4v) is 2.72. The molecule has 2 heterocycles. The third-order valence-electron chi connectivity index (χ3n) is 4.05. The predicted molar refractivity (Wildman–Crippen MR) is 82.2 cm³/mol. The number of rotatable bonds is 5. The SMILES string of the molecule is CC[C@@H](NC(=O)c1cccn1C1CC1)c1ncccc1C. The van der Waals surface area contributed by atoms with Crippen molar-refractivity contribution in [3.63, 3.8) is 0 Å². The highest BCUT2D eigenvalue weighted by Crippen LogP contribution is 2.36. The van der Waals surface area contributed by atoms with Crippen molar-refractivity contribution in [3.8, 4) is 0 Å². The van der Waals surface area contributed by atoms with Crippen LogP contribution < -0.4 is 5.32 Å². The van der Waals surface area contributed by atoms with E-state index in [-0.39, 0.29) is 11.9 Å². The van der Waals surface area contributed by atoms with Gasteiger partial charge in [-0.1, -0.05) is 13.0 Å². The molecule has 1 aliphatic carbocycles. The minimum absolute atomic E-state index is 0.0104. The number of carbonyl (C=O) groups excluding carboxylic acids is 1. The molecule has 1 amide bonds. The van der Waals surface area contributed by atoms with Crippen LogP contribution in [0.2, 0.25) is 0 Å². The molecule has 1 N–H and O–H groups in total. The second-order valence-electron chi connectivity index (χ2n) is 5.67. The fourth-order valence-electron chi connectivity index (χ4n) is 2.72. The van der Waals surface area contributed by atoms with E-state index in [4.69, 9.17) is 0 Å². The zero-order valence-corrected chi connectivity index (χ0v) is 12.5. The molecule has 0 bridgehead atoms. The second-order valence-corrected chi connectivity index (χ2v) is 5.67. The van der Waals surface area contributed by atoms with Gasteiger partial charge in [0.2, 0.25) is 0 Å². The number of nitrogens with one attached hydrogen (secondary N) is 1. The summed E-state index contributed by atoms with van der Waals surface area (Å²) in [6, 6.07) is 8.26. The lowest BCUT2D eigenvalue weighted by molar-refractivity contribution is 0.0925. The number of carbonyl (C=O) groups is 1. The first-order chi connectivity index (χ1) is 10.2. The average Bonchev–Trinajstić information content (AvgIpc) is 3.22. The standard InChI is InChI=1S/C17H21N3O/c1-3-14(16-12(2)6-4-10-18-16)19-17(21)15-7-5-11-20(15)13-8-9-13/h4-7,10-11,13-14H,3,8-9H2,1-2H3,(H,19,21)/t14-/m1/s1. The Labute approximate surface area is 125 Å². The molecule has 1 fully saturated rings. The molecule has 4 nitrogen and oxygen atoms in total. The summed E-state index contributed by atoms with van der Waals surface area (Å²) in [7, 11) is 0. The highest BCUT2D eigenvalue weighted by molar-refractivity contribution is 5.93. The molecule has 0 aromatic carbocycles. The quantitative estimate of drug-likeness (QED) is 0.914. The van der Waals surface area contributed by atoms with E-state index in [1.165, 1.54) is 12.8 Å². The van der Waals surface area contributed by atoms with Crippen molar-refractivity contribution in [1.29, 1.82) is 0 Å². The Morgan fingerprint density at radius 1 is 1.43 bits per heavy atom. The van der Waals surface area contributed by atoms with E-state index in [0.717, 1.165) is 23.4 Å². The van der Waals surface area contributed by atoms with Crippen molar-refractivity contribution in [1.82, 2.24) is 14.9 Å². The van der Waals surface area contributed by atoms with E-state index in [1.807, 2.05) is 37.4 Å². The van der Waals surface area contributed by atoms with Gasteiger partial charge in [-0.2, -0.15) is 0 Å². The molecular formula is C17H21N3O. The van der Waals surface area contributed by atoms with Crippen LogP contribution in [0.1, 0.15) is 60.0 Å². The van der Waals surface area contributed by atoms with Crippen LogP contribution in [0.3, 0.4) is 0 Å². The van der Waals surface area contributed by atoms with Crippen molar-refractivity contribution in [2.45, 2.75) is 45.2 Å². The molecule has 21 heavy (non-hydrogen) atoms. The Morgan fingerprint density at radius 3 is 2.90 bits per heavy atom. The molecule has 0 unspecified atom stereocenters. The number of aromatic nitrogens is 2. The van der Waals surface area contributed by atoms with Gasteiger partial charge in [-0.15, -0.1) is 0 Å². The number of aryl methyl sites for hydroxylation is 1. The van der Waals surface area contributed by atoms with Gasteiger partial charge in [0, 0.05) is 18.4 Å². The molecule has 110 valence electrons. The first-order valence-corrected chi connectivity index (χ1v) is 7.60. The maximum atomic E-state index is 12.6. The Balaban J connectivity index is 1.79. The fraction of sp³-hybridized carbons (Fsp3) is 0.412. The van der Waals surface area contributed by atoms with Crippen LogP contribution in [0, 0.1) is 6.92 Å². The smallest absolute Gasteiger partial charge is 0.268 e. The Bertz CT molecular complexity index is 643. The molecule has 0 radical (unpaired) electrons. The van der Waals surface area contributed by atoms with Crippen LogP contribution in [0.25, 0.3) is 0 Å². The number of amides is 1. The van der Waals surface area contributed by atoms with Gasteiger partial charge in [-0.25, -0.2) is 0 Å². The normalized spacial score (nSPS) is 15.7. The summed E-state index contributed by atoms with van der Waals surface area (Å²) in [5.74, 6) is -0.0104. The summed E-state index contributed by atoms with van der Waals surface area (Å²) in [5, 5.41) is 3.13. The molecule has 2 aromatic rings. The number of nitrogens with zero attached hydrogens (tertiary/aromatic N) is 2. The van der Waals surface area contributed by atoms with Gasteiger partial charge in [0.1, 0.15) is 5.69 Å². The molecule has 3 rings (SSSR count). The van der Waals surface area contributed by atoms with E-state index in [9.17, 15) is 4.79 Å². The largest absolute Gasteiger partial charge is 0.342 e. The Kier molecular flexibility index (Phi) is 3.78.